The molecule has 0 saturated carbocycles. The number of hydrogen-bond donors (Lipinski definition) is 1. The molecule has 1 atom stereocenters. The zero-order valence-corrected chi connectivity index (χ0v) is 14.2. The van der Waals surface area contributed by atoms with Crippen LogP contribution in [0.15, 0.2) is 0 Å². The third-order valence-corrected chi connectivity index (χ3v) is 3.28. The van der Waals surface area contributed by atoms with Crippen LogP contribution >= 0.6 is 0 Å². The van der Waals surface area contributed by atoms with E-state index in [0.29, 0.717) is 26.4 Å². The summed E-state index contributed by atoms with van der Waals surface area (Å²) in [6, 6.07) is 0. The summed E-state index contributed by atoms with van der Waals surface area (Å²) < 4.78 is 15.9. The largest absolute Gasteiger partial charge is 0.465 e. The van der Waals surface area contributed by atoms with Crippen LogP contribution in [0.25, 0.3) is 0 Å². The van der Waals surface area contributed by atoms with Crippen LogP contribution < -0.4 is 5.32 Å². The van der Waals surface area contributed by atoms with Gasteiger partial charge in [-0.25, -0.2) is 0 Å². The minimum atomic E-state index is -0.586. The third kappa shape index (κ3) is 9.82. The normalized spacial score (nSPS) is 13.9. The first-order valence-electron chi connectivity index (χ1n) is 8.18. The van der Waals surface area contributed by atoms with Crippen molar-refractivity contribution < 1.29 is 19.0 Å². The Morgan fingerprint density at radius 3 is 2.33 bits per heavy atom. The lowest BCUT2D eigenvalue weighted by Gasteiger charge is -2.28. The molecule has 0 aliphatic carbocycles. The van der Waals surface area contributed by atoms with Crippen LogP contribution in [0.2, 0.25) is 0 Å². The molecule has 0 aromatic rings. The maximum Gasteiger partial charge on any atom is 0.326 e. The quantitative estimate of drug-likeness (QED) is 0.395. The van der Waals surface area contributed by atoms with Gasteiger partial charge < -0.3 is 19.5 Å². The van der Waals surface area contributed by atoms with Gasteiger partial charge in [0.05, 0.1) is 19.8 Å². The van der Waals surface area contributed by atoms with Gasteiger partial charge in [-0.2, -0.15) is 0 Å². The van der Waals surface area contributed by atoms with Crippen LogP contribution in [0.5, 0.6) is 0 Å². The number of esters is 1. The van der Waals surface area contributed by atoms with E-state index in [1.165, 1.54) is 0 Å². The summed E-state index contributed by atoms with van der Waals surface area (Å²) in [5.74, 6) is -0.157. The number of carbonyl (C=O) groups is 1. The molecule has 126 valence electrons. The Labute approximate surface area is 129 Å². The Morgan fingerprint density at radius 2 is 1.71 bits per heavy atom. The molecular formula is C16H33NO4. The topological polar surface area (TPSA) is 56.8 Å². The molecule has 0 aromatic heterocycles. The van der Waals surface area contributed by atoms with Crippen LogP contribution in [0, 0.1) is 0 Å². The molecule has 0 radical (unpaired) electrons. The van der Waals surface area contributed by atoms with Crippen molar-refractivity contribution in [3.63, 3.8) is 0 Å². The van der Waals surface area contributed by atoms with E-state index in [1.807, 2.05) is 20.8 Å². The summed E-state index contributed by atoms with van der Waals surface area (Å²) >= 11 is 0. The van der Waals surface area contributed by atoms with Gasteiger partial charge >= 0.3 is 5.97 Å². The highest BCUT2D eigenvalue weighted by Gasteiger charge is 2.33. The Morgan fingerprint density at radius 1 is 1.00 bits per heavy atom. The van der Waals surface area contributed by atoms with Gasteiger partial charge in [-0.1, -0.05) is 6.92 Å². The number of unbranched alkanes of at least 4 members (excludes halogenated alkanes) is 1. The molecule has 0 bridgehead atoms. The summed E-state index contributed by atoms with van der Waals surface area (Å²) in [4.78, 5) is 12.1. The van der Waals surface area contributed by atoms with Crippen LogP contribution in [0.3, 0.4) is 0 Å². The van der Waals surface area contributed by atoms with Crippen molar-refractivity contribution in [1.29, 1.82) is 0 Å². The molecule has 1 unspecified atom stereocenters. The fraction of sp³-hybridized carbons (Fsp3) is 0.938. The molecule has 0 spiro atoms. The highest BCUT2D eigenvalue weighted by molar-refractivity contribution is 5.80. The maximum atomic E-state index is 12.1. The first-order chi connectivity index (χ1) is 10.1. The van der Waals surface area contributed by atoms with E-state index >= 15 is 0 Å². The van der Waals surface area contributed by atoms with E-state index in [0.717, 1.165) is 38.8 Å². The van der Waals surface area contributed by atoms with Crippen molar-refractivity contribution in [2.24, 2.45) is 0 Å². The van der Waals surface area contributed by atoms with Gasteiger partial charge in [0.15, 0.2) is 0 Å². The molecule has 0 aliphatic rings. The van der Waals surface area contributed by atoms with Crippen LogP contribution in [0.1, 0.15) is 53.4 Å². The Hall–Kier alpha value is -0.650. The molecule has 1 N–H and O–H groups in total. The minimum Gasteiger partial charge on any atom is -0.465 e. The smallest absolute Gasteiger partial charge is 0.326 e. The summed E-state index contributed by atoms with van der Waals surface area (Å²) in [5, 5.41) is 3.31. The van der Waals surface area contributed by atoms with Crippen molar-refractivity contribution >= 4 is 5.97 Å². The number of ether oxygens (including phenoxy) is 3. The molecule has 0 heterocycles. The molecular weight excluding hydrogens is 270 g/mol. The van der Waals surface area contributed by atoms with Gasteiger partial charge in [0.1, 0.15) is 5.54 Å². The molecule has 0 rings (SSSR count). The predicted octanol–water partition coefficient (Wildman–Crippen LogP) is 2.53. The molecule has 21 heavy (non-hydrogen) atoms. The summed E-state index contributed by atoms with van der Waals surface area (Å²) in [6.07, 6.45) is 3.63. The second-order valence-corrected chi connectivity index (χ2v) is 5.25. The van der Waals surface area contributed by atoms with Gasteiger partial charge in [0.2, 0.25) is 0 Å². The molecule has 0 fully saturated rings. The second kappa shape index (κ2) is 13.0. The number of carbonyl (C=O) groups excluding carboxylic acids is 1. The lowest BCUT2D eigenvalue weighted by atomic mass is 9.94. The van der Waals surface area contributed by atoms with Crippen molar-refractivity contribution in [2.75, 3.05) is 39.6 Å². The van der Waals surface area contributed by atoms with Gasteiger partial charge in [-0.05, 0) is 53.0 Å². The molecule has 0 saturated heterocycles. The summed E-state index contributed by atoms with van der Waals surface area (Å²) in [7, 11) is 0. The van der Waals surface area contributed by atoms with Crippen LogP contribution in [-0.4, -0.2) is 51.1 Å². The lowest BCUT2D eigenvalue weighted by molar-refractivity contribution is -0.150. The van der Waals surface area contributed by atoms with E-state index < -0.39 is 5.54 Å². The maximum absolute atomic E-state index is 12.1. The zero-order chi connectivity index (χ0) is 16.0. The fourth-order valence-corrected chi connectivity index (χ4v) is 2.00. The van der Waals surface area contributed by atoms with E-state index in [9.17, 15) is 4.79 Å². The average Bonchev–Trinajstić information content (AvgIpc) is 2.48. The lowest BCUT2D eigenvalue weighted by Crippen LogP contribution is -2.50. The molecule has 5 nitrogen and oxygen atoms in total. The van der Waals surface area contributed by atoms with E-state index in [-0.39, 0.29) is 5.97 Å². The molecule has 0 amide bonds. The Balaban J connectivity index is 3.93. The van der Waals surface area contributed by atoms with Gasteiger partial charge in [0, 0.05) is 13.2 Å². The van der Waals surface area contributed by atoms with E-state index in [4.69, 9.17) is 14.2 Å². The third-order valence-electron chi connectivity index (χ3n) is 3.28. The van der Waals surface area contributed by atoms with Gasteiger partial charge in [-0.3, -0.25) is 4.79 Å². The number of hydrogen-bond acceptors (Lipinski definition) is 5. The average molecular weight is 303 g/mol. The van der Waals surface area contributed by atoms with Gasteiger partial charge in [0.25, 0.3) is 0 Å². The fourth-order valence-electron chi connectivity index (χ4n) is 2.00. The van der Waals surface area contributed by atoms with Crippen molar-refractivity contribution in [1.82, 2.24) is 5.32 Å². The molecule has 0 aromatic carbocycles. The summed E-state index contributed by atoms with van der Waals surface area (Å²) in [6.45, 7) is 11.8. The van der Waals surface area contributed by atoms with Crippen molar-refractivity contribution in [3.05, 3.63) is 0 Å². The number of nitrogens with one attached hydrogen (secondary N) is 1. The molecule has 0 aliphatic heterocycles. The highest BCUT2D eigenvalue weighted by atomic mass is 16.5. The molecule has 5 heteroatoms. The minimum absolute atomic E-state index is 0.157. The van der Waals surface area contributed by atoms with Crippen LogP contribution in [-0.2, 0) is 19.0 Å². The standard InChI is InChI=1S/C16H33NO4/c1-5-11-17-16(4,15(18)21-7-3)10-8-9-12-20-14-13-19-6-2/h17H,5-14H2,1-4H3. The first kappa shape index (κ1) is 20.3. The SMILES string of the molecule is CCCNC(C)(CCCCOCCOCC)C(=O)OCC. The first-order valence-corrected chi connectivity index (χ1v) is 8.18. The Kier molecular flexibility index (Phi) is 12.6. The van der Waals surface area contributed by atoms with E-state index in [2.05, 4.69) is 12.2 Å². The highest BCUT2D eigenvalue weighted by Crippen LogP contribution is 2.16. The second-order valence-electron chi connectivity index (χ2n) is 5.25. The van der Waals surface area contributed by atoms with Crippen LogP contribution in [0.4, 0.5) is 0 Å². The van der Waals surface area contributed by atoms with Crippen molar-refractivity contribution in [3.8, 4) is 0 Å². The van der Waals surface area contributed by atoms with E-state index in [1.54, 1.807) is 0 Å². The zero-order valence-electron chi connectivity index (χ0n) is 14.2. The van der Waals surface area contributed by atoms with Crippen molar-refractivity contribution in [2.45, 2.75) is 58.9 Å². The Bertz CT molecular complexity index is 261. The number of rotatable bonds is 14. The summed E-state index contributed by atoms with van der Waals surface area (Å²) in [5.41, 5.74) is -0.586. The van der Waals surface area contributed by atoms with Gasteiger partial charge in [-0.15, -0.1) is 0 Å². The predicted molar refractivity (Wildman–Crippen MR) is 84.5 cm³/mol. The monoisotopic (exact) mass is 303 g/mol.